The molecule has 0 spiro atoms. The maximum absolute atomic E-state index is 5.85. The van der Waals surface area contributed by atoms with Crippen LogP contribution in [0.15, 0.2) is 21.2 Å². The average Bonchev–Trinajstić information content (AvgIpc) is 2.70. The number of unbranched alkanes of at least 4 members (excludes halogenated alkanes) is 1. The van der Waals surface area contributed by atoms with E-state index in [4.69, 9.17) is 10.2 Å². The Balaban J connectivity index is 2.70. The first-order valence-electron chi connectivity index (χ1n) is 5.92. The van der Waals surface area contributed by atoms with Gasteiger partial charge in [0.05, 0.1) is 6.04 Å². The molecule has 1 aromatic heterocycles. The highest BCUT2D eigenvalue weighted by atomic mass is 79.9. The first kappa shape index (κ1) is 13.7. The Morgan fingerprint density at radius 1 is 1.44 bits per heavy atom. The molecule has 0 aliphatic carbocycles. The number of halogens is 1. The fourth-order valence-corrected chi connectivity index (χ4v) is 2.17. The minimum absolute atomic E-state index is 0.197. The first-order valence-corrected chi connectivity index (χ1v) is 6.71. The zero-order valence-electron chi connectivity index (χ0n) is 10.1. The van der Waals surface area contributed by atoms with Crippen molar-refractivity contribution < 1.29 is 4.42 Å². The number of likely N-dealkylation sites (N-methyl/N-ethyl adjacent to an activating group) is 1. The first-order chi connectivity index (χ1) is 7.72. The average molecular weight is 289 g/mol. The van der Waals surface area contributed by atoms with Crippen molar-refractivity contribution in [3.05, 3.63) is 22.6 Å². The van der Waals surface area contributed by atoms with Gasteiger partial charge in [0.1, 0.15) is 5.76 Å². The Hall–Kier alpha value is -0.320. The second kappa shape index (κ2) is 7.09. The van der Waals surface area contributed by atoms with Crippen molar-refractivity contribution in [1.29, 1.82) is 0 Å². The van der Waals surface area contributed by atoms with Crippen LogP contribution in [-0.4, -0.2) is 24.5 Å². The lowest BCUT2D eigenvalue weighted by molar-refractivity contribution is 0.184. The molecule has 1 unspecified atom stereocenters. The molecule has 0 amide bonds. The third-order valence-electron chi connectivity index (χ3n) is 2.79. The van der Waals surface area contributed by atoms with Gasteiger partial charge in [0.15, 0.2) is 4.67 Å². The van der Waals surface area contributed by atoms with Gasteiger partial charge in [0.2, 0.25) is 0 Å². The van der Waals surface area contributed by atoms with Crippen LogP contribution in [0.4, 0.5) is 0 Å². The molecule has 2 N–H and O–H groups in total. The topological polar surface area (TPSA) is 42.4 Å². The second-order valence-electron chi connectivity index (χ2n) is 3.88. The minimum atomic E-state index is 0.197. The summed E-state index contributed by atoms with van der Waals surface area (Å²) in [6, 6.07) is 4.12. The Labute approximate surface area is 106 Å². The van der Waals surface area contributed by atoms with Gasteiger partial charge in [-0.3, -0.25) is 4.90 Å². The van der Waals surface area contributed by atoms with Crippen molar-refractivity contribution in [2.75, 3.05) is 19.6 Å². The molecule has 0 bridgehead atoms. The molecule has 1 atom stereocenters. The highest BCUT2D eigenvalue weighted by Crippen LogP contribution is 2.24. The van der Waals surface area contributed by atoms with Gasteiger partial charge in [0, 0.05) is 6.54 Å². The van der Waals surface area contributed by atoms with Crippen LogP contribution in [0.1, 0.15) is 38.5 Å². The van der Waals surface area contributed by atoms with Crippen molar-refractivity contribution in [2.24, 2.45) is 5.73 Å². The molecule has 1 heterocycles. The van der Waals surface area contributed by atoms with Gasteiger partial charge in [-0.15, -0.1) is 0 Å². The molecular weight excluding hydrogens is 268 g/mol. The van der Waals surface area contributed by atoms with E-state index < -0.39 is 0 Å². The number of rotatable bonds is 7. The number of nitrogens with zero attached hydrogens (tertiary/aromatic N) is 1. The number of nitrogens with two attached hydrogens (primary N) is 1. The van der Waals surface area contributed by atoms with Crippen LogP contribution in [0.3, 0.4) is 0 Å². The van der Waals surface area contributed by atoms with E-state index in [1.807, 2.05) is 12.1 Å². The summed E-state index contributed by atoms with van der Waals surface area (Å²) in [5.41, 5.74) is 5.85. The zero-order chi connectivity index (χ0) is 12.0. The van der Waals surface area contributed by atoms with Crippen LogP contribution in [0.5, 0.6) is 0 Å². The standard InChI is InChI=1S/C12H21BrN2O/c1-3-5-8-15(4-2)10(9-14)11-6-7-12(13)16-11/h6-7,10H,3-5,8-9,14H2,1-2H3. The number of furan rings is 1. The second-order valence-corrected chi connectivity index (χ2v) is 4.66. The lowest BCUT2D eigenvalue weighted by Gasteiger charge is -2.28. The van der Waals surface area contributed by atoms with Gasteiger partial charge >= 0.3 is 0 Å². The third-order valence-corrected chi connectivity index (χ3v) is 3.22. The molecule has 0 aliphatic rings. The van der Waals surface area contributed by atoms with Crippen molar-refractivity contribution in [1.82, 2.24) is 4.90 Å². The van der Waals surface area contributed by atoms with Crippen molar-refractivity contribution >= 4 is 15.9 Å². The molecular formula is C12H21BrN2O. The summed E-state index contributed by atoms with van der Waals surface area (Å²) in [5.74, 6) is 0.951. The normalized spacial score (nSPS) is 13.3. The van der Waals surface area contributed by atoms with E-state index in [1.54, 1.807) is 0 Å². The van der Waals surface area contributed by atoms with Gasteiger partial charge in [-0.1, -0.05) is 20.3 Å². The van der Waals surface area contributed by atoms with Crippen molar-refractivity contribution in [3.63, 3.8) is 0 Å². The molecule has 0 aliphatic heterocycles. The smallest absolute Gasteiger partial charge is 0.169 e. The van der Waals surface area contributed by atoms with Crippen LogP contribution in [0.25, 0.3) is 0 Å². The van der Waals surface area contributed by atoms with Gasteiger partial charge in [0.25, 0.3) is 0 Å². The molecule has 3 nitrogen and oxygen atoms in total. The van der Waals surface area contributed by atoms with Gasteiger partial charge in [-0.05, 0) is 47.6 Å². The van der Waals surface area contributed by atoms with E-state index in [0.717, 1.165) is 23.5 Å². The molecule has 4 heteroatoms. The van der Waals surface area contributed by atoms with Crippen LogP contribution in [0.2, 0.25) is 0 Å². The Morgan fingerprint density at radius 2 is 2.19 bits per heavy atom. The van der Waals surface area contributed by atoms with E-state index >= 15 is 0 Å². The monoisotopic (exact) mass is 288 g/mol. The predicted molar refractivity (Wildman–Crippen MR) is 70.4 cm³/mol. The summed E-state index contributed by atoms with van der Waals surface area (Å²) in [4.78, 5) is 2.37. The highest BCUT2D eigenvalue weighted by molar-refractivity contribution is 9.10. The number of hydrogen-bond donors (Lipinski definition) is 1. The molecule has 1 aromatic rings. The van der Waals surface area contributed by atoms with Crippen LogP contribution in [0, 0.1) is 0 Å². The van der Waals surface area contributed by atoms with Crippen molar-refractivity contribution in [3.8, 4) is 0 Å². The summed E-state index contributed by atoms with van der Waals surface area (Å²) in [6.45, 7) is 7.04. The minimum Gasteiger partial charge on any atom is -0.453 e. The Morgan fingerprint density at radius 3 is 2.62 bits per heavy atom. The van der Waals surface area contributed by atoms with E-state index in [1.165, 1.54) is 12.8 Å². The van der Waals surface area contributed by atoms with Crippen LogP contribution in [-0.2, 0) is 0 Å². The van der Waals surface area contributed by atoms with Crippen LogP contribution < -0.4 is 5.73 Å². The molecule has 0 saturated carbocycles. The molecule has 0 radical (unpaired) electrons. The summed E-state index contributed by atoms with van der Waals surface area (Å²) in [7, 11) is 0. The van der Waals surface area contributed by atoms with Crippen LogP contribution >= 0.6 is 15.9 Å². The zero-order valence-corrected chi connectivity index (χ0v) is 11.7. The SMILES string of the molecule is CCCCN(CC)C(CN)c1ccc(Br)o1. The highest BCUT2D eigenvalue weighted by Gasteiger charge is 2.20. The molecule has 92 valence electrons. The quantitative estimate of drug-likeness (QED) is 0.838. The lowest BCUT2D eigenvalue weighted by atomic mass is 10.1. The van der Waals surface area contributed by atoms with Gasteiger partial charge in [-0.2, -0.15) is 0 Å². The molecule has 1 rings (SSSR count). The Bertz CT molecular complexity index is 301. The van der Waals surface area contributed by atoms with Gasteiger partial charge < -0.3 is 10.2 Å². The molecule has 0 saturated heterocycles. The van der Waals surface area contributed by atoms with Gasteiger partial charge in [-0.25, -0.2) is 0 Å². The van der Waals surface area contributed by atoms with Crippen molar-refractivity contribution in [2.45, 2.75) is 32.7 Å². The predicted octanol–water partition coefficient (Wildman–Crippen LogP) is 3.16. The fourth-order valence-electron chi connectivity index (χ4n) is 1.85. The molecule has 16 heavy (non-hydrogen) atoms. The van der Waals surface area contributed by atoms with E-state index in [-0.39, 0.29) is 6.04 Å². The molecule has 0 aromatic carbocycles. The van der Waals surface area contributed by atoms with E-state index in [2.05, 4.69) is 34.7 Å². The third kappa shape index (κ3) is 3.61. The summed E-state index contributed by atoms with van der Waals surface area (Å²) in [6.07, 6.45) is 2.40. The van der Waals surface area contributed by atoms with E-state index in [0.29, 0.717) is 6.54 Å². The molecule has 0 fully saturated rings. The summed E-state index contributed by atoms with van der Waals surface area (Å²) < 4.78 is 6.37. The summed E-state index contributed by atoms with van der Waals surface area (Å²) in [5, 5.41) is 0. The van der Waals surface area contributed by atoms with E-state index in [9.17, 15) is 0 Å². The lowest BCUT2D eigenvalue weighted by Crippen LogP contribution is -2.34. The largest absolute Gasteiger partial charge is 0.453 e. The Kier molecular flexibility index (Phi) is 6.09. The fraction of sp³-hybridized carbons (Fsp3) is 0.667. The maximum Gasteiger partial charge on any atom is 0.169 e. The summed E-state index contributed by atoms with van der Waals surface area (Å²) >= 11 is 3.33. The maximum atomic E-state index is 5.85. The number of hydrogen-bond acceptors (Lipinski definition) is 3.